The molecule has 2 nitrogen and oxygen atoms in total. The fourth-order valence-electron chi connectivity index (χ4n) is 2.72. The molecule has 0 aliphatic heterocycles. The molecule has 1 aliphatic carbocycles. The lowest BCUT2D eigenvalue weighted by Gasteiger charge is -2.19. The van der Waals surface area contributed by atoms with E-state index in [1.165, 1.54) is 37.8 Å². The molecular weight excluding hydrogens is 196 g/mol. The molecule has 16 heavy (non-hydrogen) atoms. The summed E-state index contributed by atoms with van der Waals surface area (Å²) in [5.74, 6) is 0.946. The summed E-state index contributed by atoms with van der Waals surface area (Å²) in [6.07, 6.45) is 9.99. The van der Waals surface area contributed by atoms with Gasteiger partial charge in [0.2, 0.25) is 0 Å². The second-order valence-corrected chi connectivity index (χ2v) is 4.90. The van der Waals surface area contributed by atoms with Gasteiger partial charge in [0.1, 0.15) is 0 Å². The van der Waals surface area contributed by atoms with Crippen LogP contribution in [0.3, 0.4) is 0 Å². The summed E-state index contributed by atoms with van der Waals surface area (Å²) in [6, 6.07) is 6.77. The van der Waals surface area contributed by atoms with Crippen molar-refractivity contribution in [3.8, 4) is 0 Å². The van der Waals surface area contributed by atoms with Gasteiger partial charge in [-0.15, -0.1) is 0 Å². The average molecular weight is 218 g/mol. The van der Waals surface area contributed by atoms with Gasteiger partial charge >= 0.3 is 0 Å². The zero-order valence-corrected chi connectivity index (χ0v) is 10.2. The Morgan fingerprint density at radius 2 is 2.19 bits per heavy atom. The maximum absolute atomic E-state index is 4.40. The molecule has 1 N–H and O–H groups in total. The third kappa shape index (κ3) is 3.31. The normalized spacial score (nSPS) is 18.8. The number of hydrogen-bond donors (Lipinski definition) is 1. The van der Waals surface area contributed by atoms with Crippen LogP contribution in [-0.4, -0.2) is 18.1 Å². The predicted octanol–water partition coefficient (Wildman–Crippen LogP) is 2.79. The van der Waals surface area contributed by atoms with E-state index in [2.05, 4.69) is 29.5 Å². The molecule has 0 saturated heterocycles. The minimum Gasteiger partial charge on any atom is -0.317 e. The summed E-state index contributed by atoms with van der Waals surface area (Å²) >= 11 is 0. The Morgan fingerprint density at radius 1 is 1.38 bits per heavy atom. The van der Waals surface area contributed by atoms with Crippen molar-refractivity contribution in [1.82, 2.24) is 10.3 Å². The van der Waals surface area contributed by atoms with Crippen molar-refractivity contribution in [1.29, 1.82) is 0 Å². The van der Waals surface area contributed by atoms with Crippen LogP contribution in [0.5, 0.6) is 0 Å². The van der Waals surface area contributed by atoms with E-state index in [1.54, 1.807) is 0 Å². The standard InChI is InChI=1S/C14H22N2/c1-15-14(10-12-6-2-3-7-12)11-13-8-4-5-9-16-13/h4-5,8-9,12,14-15H,2-3,6-7,10-11H2,1H3. The van der Waals surface area contributed by atoms with Crippen molar-refractivity contribution in [3.63, 3.8) is 0 Å². The molecule has 1 atom stereocenters. The van der Waals surface area contributed by atoms with Crippen molar-refractivity contribution in [2.45, 2.75) is 44.6 Å². The first kappa shape index (κ1) is 11.6. The average Bonchev–Trinajstić information content (AvgIpc) is 2.82. The Kier molecular flexibility index (Phi) is 4.34. The number of nitrogens with zero attached hydrogens (tertiary/aromatic N) is 1. The monoisotopic (exact) mass is 218 g/mol. The van der Waals surface area contributed by atoms with Gasteiger partial charge in [0.05, 0.1) is 0 Å². The Balaban J connectivity index is 1.85. The molecule has 2 rings (SSSR count). The van der Waals surface area contributed by atoms with Crippen molar-refractivity contribution in [2.24, 2.45) is 5.92 Å². The predicted molar refractivity (Wildman–Crippen MR) is 67.4 cm³/mol. The van der Waals surface area contributed by atoms with Gasteiger partial charge in [0.25, 0.3) is 0 Å². The first-order valence-electron chi connectivity index (χ1n) is 6.45. The highest BCUT2D eigenvalue weighted by atomic mass is 14.9. The topological polar surface area (TPSA) is 24.9 Å². The van der Waals surface area contributed by atoms with Gasteiger partial charge in [-0.25, -0.2) is 0 Å². The Morgan fingerprint density at radius 3 is 2.81 bits per heavy atom. The van der Waals surface area contributed by atoms with E-state index in [4.69, 9.17) is 0 Å². The minimum absolute atomic E-state index is 0.595. The fourth-order valence-corrected chi connectivity index (χ4v) is 2.72. The van der Waals surface area contributed by atoms with Crippen LogP contribution < -0.4 is 5.32 Å². The van der Waals surface area contributed by atoms with Gasteiger partial charge in [-0.2, -0.15) is 0 Å². The molecule has 2 heteroatoms. The van der Waals surface area contributed by atoms with Crippen molar-refractivity contribution in [3.05, 3.63) is 30.1 Å². The zero-order valence-electron chi connectivity index (χ0n) is 10.2. The molecule has 1 saturated carbocycles. The first-order chi connectivity index (χ1) is 7.88. The SMILES string of the molecule is CNC(Cc1ccccn1)CC1CCCC1. The maximum Gasteiger partial charge on any atom is 0.0419 e. The van der Waals surface area contributed by atoms with Crippen LogP contribution in [0.25, 0.3) is 0 Å². The van der Waals surface area contributed by atoms with Crippen LogP contribution in [0.15, 0.2) is 24.4 Å². The van der Waals surface area contributed by atoms with Gasteiger partial charge in [0, 0.05) is 24.4 Å². The van der Waals surface area contributed by atoms with Gasteiger partial charge in [-0.3, -0.25) is 4.98 Å². The van der Waals surface area contributed by atoms with Crippen molar-refractivity contribution >= 4 is 0 Å². The van der Waals surface area contributed by atoms with E-state index in [1.807, 2.05) is 12.3 Å². The summed E-state index contributed by atoms with van der Waals surface area (Å²) < 4.78 is 0. The molecule has 1 aliphatic rings. The van der Waals surface area contributed by atoms with Gasteiger partial charge < -0.3 is 5.32 Å². The molecule has 0 bridgehead atoms. The van der Waals surface area contributed by atoms with E-state index in [0.717, 1.165) is 12.3 Å². The highest BCUT2D eigenvalue weighted by Crippen LogP contribution is 2.29. The lowest BCUT2D eigenvalue weighted by atomic mass is 9.95. The van der Waals surface area contributed by atoms with Crippen LogP contribution in [-0.2, 0) is 6.42 Å². The number of rotatable bonds is 5. The van der Waals surface area contributed by atoms with E-state index >= 15 is 0 Å². The molecule has 88 valence electrons. The lowest BCUT2D eigenvalue weighted by Crippen LogP contribution is -2.29. The lowest BCUT2D eigenvalue weighted by molar-refractivity contribution is 0.401. The Labute approximate surface area is 98.5 Å². The van der Waals surface area contributed by atoms with Gasteiger partial charge in [0.15, 0.2) is 0 Å². The Bertz CT molecular complexity index is 291. The maximum atomic E-state index is 4.40. The zero-order chi connectivity index (χ0) is 11.2. The first-order valence-corrected chi connectivity index (χ1v) is 6.45. The van der Waals surface area contributed by atoms with E-state index < -0.39 is 0 Å². The number of nitrogens with one attached hydrogen (secondary N) is 1. The molecule has 0 radical (unpaired) electrons. The van der Waals surface area contributed by atoms with Gasteiger partial charge in [-0.1, -0.05) is 31.7 Å². The van der Waals surface area contributed by atoms with Gasteiger partial charge in [-0.05, 0) is 31.5 Å². The number of aromatic nitrogens is 1. The fraction of sp³-hybridized carbons (Fsp3) is 0.643. The van der Waals surface area contributed by atoms with Crippen LogP contribution in [0.4, 0.5) is 0 Å². The van der Waals surface area contributed by atoms with E-state index in [9.17, 15) is 0 Å². The molecule has 1 aromatic rings. The molecule has 0 amide bonds. The van der Waals surface area contributed by atoms with Crippen LogP contribution in [0.2, 0.25) is 0 Å². The molecule has 0 aromatic carbocycles. The largest absolute Gasteiger partial charge is 0.317 e. The van der Waals surface area contributed by atoms with Crippen molar-refractivity contribution in [2.75, 3.05) is 7.05 Å². The van der Waals surface area contributed by atoms with E-state index in [0.29, 0.717) is 6.04 Å². The summed E-state index contributed by atoms with van der Waals surface area (Å²) in [5.41, 5.74) is 1.21. The second-order valence-electron chi connectivity index (χ2n) is 4.90. The molecule has 1 fully saturated rings. The molecule has 1 unspecified atom stereocenters. The summed E-state index contributed by atoms with van der Waals surface area (Å²) in [6.45, 7) is 0. The third-order valence-electron chi connectivity index (χ3n) is 3.68. The number of pyridine rings is 1. The highest BCUT2D eigenvalue weighted by molar-refractivity contribution is 5.05. The number of likely N-dealkylation sites (N-methyl/N-ethyl adjacent to an activating group) is 1. The van der Waals surface area contributed by atoms with Crippen LogP contribution >= 0.6 is 0 Å². The molecular formula is C14H22N2. The summed E-state index contributed by atoms with van der Waals surface area (Å²) in [7, 11) is 2.07. The van der Waals surface area contributed by atoms with Crippen LogP contribution in [0.1, 0.15) is 37.8 Å². The van der Waals surface area contributed by atoms with Crippen LogP contribution in [0, 0.1) is 5.92 Å². The number of hydrogen-bond acceptors (Lipinski definition) is 2. The Hall–Kier alpha value is -0.890. The highest BCUT2D eigenvalue weighted by Gasteiger charge is 2.19. The molecule has 0 spiro atoms. The summed E-state index contributed by atoms with van der Waals surface area (Å²) in [4.78, 5) is 4.40. The van der Waals surface area contributed by atoms with E-state index in [-0.39, 0.29) is 0 Å². The van der Waals surface area contributed by atoms with Crippen molar-refractivity contribution < 1.29 is 0 Å². The third-order valence-corrected chi connectivity index (χ3v) is 3.68. The smallest absolute Gasteiger partial charge is 0.0419 e. The quantitative estimate of drug-likeness (QED) is 0.822. The second kappa shape index (κ2) is 6.00. The molecule has 1 aromatic heterocycles. The molecule has 1 heterocycles. The minimum atomic E-state index is 0.595. The summed E-state index contributed by atoms with van der Waals surface area (Å²) in [5, 5.41) is 3.44.